The van der Waals surface area contributed by atoms with E-state index in [0.29, 0.717) is 6.04 Å². The maximum absolute atomic E-state index is 13.5. The van der Waals surface area contributed by atoms with Gasteiger partial charge in [-0.1, -0.05) is 6.92 Å². The molecule has 1 aliphatic rings. The Bertz CT molecular complexity index is 516. The largest absolute Gasteiger partial charge is 0.322 e. The topological polar surface area (TPSA) is 44.4 Å². The molecule has 22 heavy (non-hydrogen) atoms. The maximum Gasteiger partial charge on any atom is 0.241 e. The third kappa shape index (κ3) is 4.48. The Hall–Kier alpha value is -1.53. The SMILES string of the molecule is CCN1CCC(N[C@H](C)C(=O)Nc2ccc(F)cc2F)CC1. The van der Waals surface area contributed by atoms with Gasteiger partial charge in [0.2, 0.25) is 5.91 Å². The fourth-order valence-corrected chi connectivity index (χ4v) is 2.68. The molecular weight excluding hydrogens is 288 g/mol. The third-order valence-electron chi connectivity index (χ3n) is 4.10. The number of anilines is 1. The number of halogens is 2. The summed E-state index contributed by atoms with van der Waals surface area (Å²) in [7, 11) is 0. The first-order valence-corrected chi connectivity index (χ1v) is 7.74. The van der Waals surface area contributed by atoms with E-state index < -0.39 is 17.7 Å². The van der Waals surface area contributed by atoms with E-state index in [1.54, 1.807) is 6.92 Å². The second-order valence-corrected chi connectivity index (χ2v) is 5.71. The first-order valence-electron chi connectivity index (χ1n) is 7.74. The number of amides is 1. The zero-order valence-electron chi connectivity index (χ0n) is 13.0. The van der Waals surface area contributed by atoms with E-state index in [-0.39, 0.29) is 11.6 Å². The number of carbonyl (C=O) groups excluding carboxylic acids is 1. The predicted molar refractivity (Wildman–Crippen MR) is 82.7 cm³/mol. The average molecular weight is 311 g/mol. The van der Waals surface area contributed by atoms with E-state index >= 15 is 0 Å². The number of likely N-dealkylation sites (tertiary alicyclic amines) is 1. The second kappa shape index (κ2) is 7.65. The highest BCUT2D eigenvalue weighted by Crippen LogP contribution is 2.16. The number of nitrogens with one attached hydrogen (secondary N) is 2. The van der Waals surface area contributed by atoms with Gasteiger partial charge in [0.15, 0.2) is 0 Å². The van der Waals surface area contributed by atoms with Gasteiger partial charge in [0.05, 0.1) is 11.7 Å². The Labute approximate surface area is 129 Å². The number of piperidine rings is 1. The molecule has 0 aliphatic carbocycles. The van der Waals surface area contributed by atoms with E-state index in [0.717, 1.165) is 44.6 Å². The summed E-state index contributed by atoms with van der Waals surface area (Å²) in [5.74, 6) is -1.75. The van der Waals surface area contributed by atoms with E-state index in [1.807, 2.05) is 0 Å². The summed E-state index contributed by atoms with van der Waals surface area (Å²) in [6, 6.07) is 2.98. The molecule has 0 saturated carbocycles. The van der Waals surface area contributed by atoms with Crippen molar-refractivity contribution in [3.63, 3.8) is 0 Å². The first kappa shape index (κ1) is 16.8. The van der Waals surface area contributed by atoms with Crippen LogP contribution in [0.25, 0.3) is 0 Å². The van der Waals surface area contributed by atoms with Crippen molar-refractivity contribution in [2.45, 2.75) is 38.8 Å². The number of carbonyl (C=O) groups is 1. The molecule has 4 nitrogen and oxygen atoms in total. The summed E-state index contributed by atoms with van der Waals surface area (Å²) in [5, 5.41) is 5.77. The Morgan fingerprint density at radius 1 is 1.36 bits per heavy atom. The van der Waals surface area contributed by atoms with E-state index in [1.165, 1.54) is 6.07 Å². The van der Waals surface area contributed by atoms with Gasteiger partial charge in [0, 0.05) is 12.1 Å². The zero-order valence-corrected chi connectivity index (χ0v) is 13.0. The molecule has 0 aromatic heterocycles. The number of hydrogen-bond acceptors (Lipinski definition) is 3. The van der Waals surface area contributed by atoms with Gasteiger partial charge in [-0.3, -0.25) is 4.79 Å². The summed E-state index contributed by atoms with van der Waals surface area (Å²) >= 11 is 0. The lowest BCUT2D eigenvalue weighted by atomic mass is 10.0. The van der Waals surface area contributed by atoms with Gasteiger partial charge in [0.1, 0.15) is 11.6 Å². The van der Waals surface area contributed by atoms with Crippen LogP contribution in [0.2, 0.25) is 0 Å². The predicted octanol–water partition coefficient (Wildman–Crippen LogP) is 2.37. The van der Waals surface area contributed by atoms with Crippen molar-refractivity contribution in [3.05, 3.63) is 29.8 Å². The van der Waals surface area contributed by atoms with Crippen molar-refractivity contribution in [1.29, 1.82) is 0 Å². The van der Waals surface area contributed by atoms with Crippen molar-refractivity contribution in [2.24, 2.45) is 0 Å². The fraction of sp³-hybridized carbons (Fsp3) is 0.562. The summed E-state index contributed by atoms with van der Waals surface area (Å²) < 4.78 is 26.4. The van der Waals surface area contributed by atoms with Crippen molar-refractivity contribution in [3.8, 4) is 0 Å². The highest BCUT2D eigenvalue weighted by molar-refractivity contribution is 5.94. The van der Waals surface area contributed by atoms with Crippen LogP contribution in [0, 0.1) is 11.6 Å². The summed E-state index contributed by atoms with van der Waals surface area (Å²) in [6.45, 7) is 6.99. The Morgan fingerprint density at radius 2 is 2.05 bits per heavy atom. The van der Waals surface area contributed by atoms with Gasteiger partial charge in [-0.05, 0) is 51.5 Å². The molecule has 1 heterocycles. The normalized spacial score (nSPS) is 18.2. The number of benzene rings is 1. The second-order valence-electron chi connectivity index (χ2n) is 5.71. The zero-order chi connectivity index (χ0) is 16.1. The third-order valence-corrected chi connectivity index (χ3v) is 4.10. The lowest BCUT2D eigenvalue weighted by Gasteiger charge is -2.32. The molecule has 6 heteroatoms. The minimum Gasteiger partial charge on any atom is -0.322 e. The molecule has 0 radical (unpaired) electrons. The molecule has 0 unspecified atom stereocenters. The van der Waals surface area contributed by atoms with Crippen molar-refractivity contribution in [1.82, 2.24) is 10.2 Å². The quantitative estimate of drug-likeness (QED) is 0.877. The van der Waals surface area contributed by atoms with Gasteiger partial charge in [-0.15, -0.1) is 0 Å². The minimum atomic E-state index is -0.767. The van der Waals surface area contributed by atoms with Crippen molar-refractivity contribution in [2.75, 3.05) is 25.0 Å². The van der Waals surface area contributed by atoms with Crippen LogP contribution in [0.5, 0.6) is 0 Å². The van der Waals surface area contributed by atoms with Crippen LogP contribution >= 0.6 is 0 Å². The summed E-state index contributed by atoms with van der Waals surface area (Å²) in [5.41, 5.74) is 0.000789. The molecular formula is C16H23F2N3O. The smallest absolute Gasteiger partial charge is 0.241 e. The molecule has 2 rings (SSSR count). The molecule has 0 bridgehead atoms. The van der Waals surface area contributed by atoms with Crippen LogP contribution in [0.3, 0.4) is 0 Å². The van der Waals surface area contributed by atoms with E-state index in [9.17, 15) is 13.6 Å². The molecule has 1 amide bonds. The van der Waals surface area contributed by atoms with Crippen molar-refractivity contribution >= 4 is 11.6 Å². The van der Waals surface area contributed by atoms with E-state index in [2.05, 4.69) is 22.5 Å². The molecule has 1 aromatic rings. The highest BCUT2D eigenvalue weighted by Gasteiger charge is 2.22. The molecule has 1 aromatic carbocycles. The molecule has 1 atom stereocenters. The number of rotatable bonds is 5. The van der Waals surface area contributed by atoms with Crippen molar-refractivity contribution < 1.29 is 13.6 Å². The standard InChI is InChI=1S/C16H23F2N3O/c1-3-21-8-6-13(7-9-21)19-11(2)16(22)20-15-5-4-12(17)10-14(15)18/h4-5,10-11,13,19H,3,6-9H2,1-2H3,(H,20,22)/t11-/m1/s1. The van der Waals surface area contributed by atoms with Gasteiger partial charge >= 0.3 is 0 Å². The summed E-state index contributed by atoms with van der Waals surface area (Å²) in [6.07, 6.45) is 1.99. The van der Waals surface area contributed by atoms with Crippen LogP contribution in [-0.2, 0) is 4.79 Å². The lowest BCUT2D eigenvalue weighted by Crippen LogP contribution is -2.48. The fourth-order valence-electron chi connectivity index (χ4n) is 2.68. The maximum atomic E-state index is 13.5. The van der Waals surface area contributed by atoms with E-state index in [4.69, 9.17) is 0 Å². The Kier molecular flexibility index (Phi) is 5.85. The van der Waals surface area contributed by atoms with Crippen LogP contribution in [-0.4, -0.2) is 42.5 Å². The van der Waals surface area contributed by atoms with Gasteiger partial charge in [-0.25, -0.2) is 8.78 Å². The molecule has 1 fully saturated rings. The monoisotopic (exact) mass is 311 g/mol. The van der Waals surface area contributed by atoms with Crippen LogP contribution in [0.1, 0.15) is 26.7 Å². The number of hydrogen-bond donors (Lipinski definition) is 2. The highest BCUT2D eigenvalue weighted by atomic mass is 19.1. The minimum absolute atomic E-state index is 0.000789. The Balaban J connectivity index is 1.84. The van der Waals surface area contributed by atoms with Crippen LogP contribution in [0.4, 0.5) is 14.5 Å². The van der Waals surface area contributed by atoms with Crippen LogP contribution in [0.15, 0.2) is 18.2 Å². The van der Waals surface area contributed by atoms with Gasteiger partial charge < -0.3 is 15.5 Å². The molecule has 1 saturated heterocycles. The number of nitrogens with zero attached hydrogens (tertiary/aromatic N) is 1. The summed E-state index contributed by atoms with van der Waals surface area (Å²) in [4.78, 5) is 14.5. The molecule has 122 valence electrons. The molecule has 2 N–H and O–H groups in total. The van der Waals surface area contributed by atoms with Gasteiger partial charge in [-0.2, -0.15) is 0 Å². The molecule has 1 aliphatic heterocycles. The van der Waals surface area contributed by atoms with Crippen LogP contribution < -0.4 is 10.6 Å². The van der Waals surface area contributed by atoms with Gasteiger partial charge in [0.25, 0.3) is 0 Å². The first-order chi connectivity index (χ1) is 10.5. The molecule has 0 spiro atoms. The lowest BCUT2D eigenvalue weighted by molar-refractivity contribution is -0.118. The Morgan fingerprint density at radius 3 is 2.64 bits per heavy atom. The average Bonchev–Trinajstić information content (AvgIpc) is 2.50.